The molecule has 70 heavy (non-hydrogen) atoms. The maximum Gasteiger partial charge on any atom is 0.119 e. The Hall–Kier alpha value is -4.50. The molecule has 0 saturated carbocycles. The molecule has 0 aromatic heterocycles. The van der Waals surface area contributed by atoms with Gasteiger partial charge in [0.2, 0.25) is 0 Å². The monoisotopic (exact) mass is 972 g/mol. The first kappa shape index (κ1) is 49.1. The standard InChI is InChI=1S/C63H72O5S2/c1-7-60(8-2,47-15-19-49(20-16-47)63(34-32-46-14-12-44(6)36-59(46)63)52-25-29-55(30-26-52)66-39-56-41-69-56)67-38-53(64)37-65-54-27-23-51(24-28-54)62(33-31-45-13-11-43(5)35-58(45)62)50-21-17-48(18-22-50)61(9-3,10-4)68-40-57-42-70-57/h11-30,35-36,53,56-57,64H,7-10,31-34,37-42H2,1-6H3. The zero-order chi connectivity index (χ0) is 48.5. The summed E-state index contributed by atoms with van der Waals surface area (Å²) in [6.07, 6.45) is 6.74. The average molecular weight is 973 g/mol. The van der Waals surface area contributed by atoms with E-state index in [0.717, 1.165) is 81.6 Å². The van der Waals surface area contributed by atoms with Gasteiger partial charge in [0.05, 0.1) is 24.4 Å². The minimum atomic E-state index is -0.798. The van der Waals surface area contributed by atoms with E-state index in [1.807, 2.05) is 23.5 Å². The smallest absolute Gasteiger partial charge is 0.119 e. The molecule has 4 aliphatic rings. The Balaban J connectivity index is 0.833. The maximum atomic E-state index is 11.4. The van der Waals surface area contributed by atoms with E-state index in [-0.39, 0.29) is 29.6 Å². The second-order valence-corrected chi connectivity index (χ2v) is 23.2. The zero-order valence-corrected chi connectivity index (χ0v) is 43.9. The first-order valence-electron chi connectivity index (χ1n) is 26.1. The molecule has 0 bridgehead atoms. The molecule has 10 rings (SSSR count). The molecule has 5 nitrogen and oxygen atoms in total. The summed E-state index contributed by atoms with van der Waals surface area (Å²) < 4.78 is 25.9. The third kappa shape index (κ3) is 9.51. The van der Waals surface area contributed by atoms with Gasteiger partial charge in [-0.05, 0) is 145 Å². The van der Waals surface area contributed by atoms with Gasteiger partial charge in [0.15, 0.2) is 0 Å². The van der Waals surface area contributed by atoms with Crippen molar-refractivity contribution in [2.24, 2.45) is 0 Å². The van der Waals surface area contributed by atoms with Gasteiger partial charge < -0.3 is 24.1 Å². The topological polar surface area (TPSA) is 57.2 Å². The van der Waals surface area contributed by atoms with Gasteiger partial charge in [-0.2, -0.15) is 23.5 Å². The summed E-state index contributed by atoms with van der Waals surface area (Å²) in [6, 6.07) is 50.0. The number of thioether (sulfide) groups is 2. The van der Waals surface area contributed by atoms with E-state index in [2.05, 4.69) is 175 Å². The van der Waals surface area contributed by atoms with E-state index in [0.29, 0.717) is 10.5 Å². The number of hydrogen-bond acceptors (Lipinski definition) is 7. The number of aliphatic hydroxyl groups excluding tert-OH is 1. The van der Waals surface area contributed by atoms with E-state index in [4.69, 9.17) is 18.9 Å². The van der Waals surface area contributed by atoms with Crippen molar-refractivity contribution in [1.82, 2.24) is 0 Å². The van der Waals surface area contributed by atoms with E-state index in [9.17, 15) is 5.11 Å². The van der Waals surface area contributed by atoms with Crippen molar-refractivity contribution in [3.63, 3.8) is 0 Å². The van der Waals surface area contributed by atoms with Crippen LogP contribution in [0.3, 0.4) is 0 Å². The number of rotatable bonds is 22. The Morgan fingerprint density at radius 1 is 0.514 bits per heavy atom. The molecule has 2 aliphatic carbocycles. The second kappa shape index (κ2) is 20.5. The van der Waals surface area contributed by atoms with Crippen molar-refractivity contribution < 1.29 is 24.1 Å². The van der Waals surface area contributed by atoms with E-state index in [1.54, 1.807) is 0 Å². The lowest BCUT2D eigenvalue weighted by molar-refractivity contribution is -0.0961. The van der Waals surface area contributed by atoms with Gasteiger partial charge in [0.1, 0.15) is 30.8 Å². The number of ether oxygens (including phenoxy) is 4. The van der Waals surface area contributed by atoms with Gasteiger partial charge in [-0.25, -0.2) is 0 Å². The van der Waals surface area contributed by atoms with Crippen LogP contribution in [0, 0.1) is 13.8 Å². The second-order valence-electron chi connectivity index (χ2n) is 20.5. The lowest BCUT2D eigenvalue weighted by atomic mass is 9.69. The first-order chi connectivity index (χ1) is 34.1. The Morgan fingerprint density at radius 3 is 1.34 bits per heavy atom. The van der Waals surface area contributed by atoms with Crippen molar-refractivity contribution >= 4 is 23.5 Å². The molecule has 1 N–H and O–H groups in total. The van der Waals surface area contributed by atoms with Crippen LogP contribution in [0.1, 0.15) is 133 Å². The van der Waals surface area contributed by atoms with Crippen LogP contribution in [0.25, 0.3) is 0 Å². The summed E-state index contributed by atoms with van der Waals surface area (Å²) >= 11 is 3.96. The average Bonchev–Trinajstić information content (AvgIpc) is 4.35. The van der Waals surface area contributed by atoms with Crippen LogP contribution in [-0.4, -0.2) is 59.6 Å². The van der Waals surface area contributed by atoms with Gasteiger partial charge in [-0.15, -0.1) is 0 Å². The normalized spacial score (nSPS) is 21.8. The maximum absolute atomic E-state index is 11.4. The third-order valence-electron chi connectivity index (χ3n) is 16.6. The minimum Gasteiger partial charge on any atom is -0.492 e. The van der Waals surface area contributed by atoms with Crippen molar-refractivity contribution in [2.75, 3.05) is 37.9 Å². The fraction of sp³-hybridized carbons (Fsp3) is 0.429. The quantitative estimate of drug-likeness (QED) is 0.0680. The highest BCUT2D eigenvalue weighted by Gasteiger charge is 2.44. The highest BCUT2D eigenvalue weighted by molar-refractivity contribution is 8.07. The highest BCUT2D eigenvalue weighted by Crippen LogP contribution is 2.52. The summed E-state index contributed by atoms with van der Waals surface area (Å²) in [6.45, 7) is 15.2. The van der Waals surface area contributed by atoms with Gasteiger partial charge >= 0.3 is 0 Å². The van der Waals surface area contributed by atoms with E-state index in [1.165, 1.54) is 72.7 Å². The predicted molar refractivity (Wildman–Crippen MR) is 290 cm³/mol. The van der Waals surface area contributed by atoms with E-state index < -0.39 is 11.7 Å². The van der Waals surface area contributed by atoms with Crippen LogP contribution < -0.4 is 9.47 Å². The molecule has 2 fully saturated rings. The van der Waals surface area contributed by atoms with Crippen molar-refractivity contribution in [3.8, 4) is 11.5 Å². The lowest BCUT2D eigenvalue weighted by Crippen LogP contribution is -2.34. The molecule has 0 spiro atoms. The van der Waals surface area contributed by atoms with Gasteiger partial charge in [-0.1, -0.05) is 148 Å². The lowest BCUT2D eigenvalue weighted by Gasteiger charge is -2.36. The first-order valence-corrected chi connectivity index (χ1v) is 28.2. The van der Waals surface area contributed by atoms with Crippen molar-refractivity contribution in [2.45, 2.75) is 132 Å². The molecular weight excluding hydrogens is 901 g/mol. The van der Waals surface area contributed by atoms with Gasteiger partial charge in [0, 0.05) is 32.8 Å². The number of fused-ring (bicyclic) bond motifs is 2. The van der Waals surface area contributed by atoms with Crippen LogP contribution >= 0.6 is 23.5 Å². The van der Waals surface area contributed by atoms with Gasteiger partial charge in [-0.3, -0.25) is 0 Å². The Bertz CT molecular complexity index is 2720. The predicted octanol–water partition coefficient (Wildman–Crippen LogP) is 14.0. The number of aryl methyl sites for hydroxylation is 4. The summed E-state index contributed by atoms with van der Waals surface area (Å²) in [4.78, 5) is 0. The van der Waals surface area contributed by atoms with Crippen LogP contribution in [0.5, 0.6) is 11.5 Å². The summed E-state index contributed by atoms with van der Waals surface area (Å²) in [5.74, 6) is 4.09. The van der Waals surface area contributed by atoms with Crippen LogP contribution in [0.15, 0.2) is 133 Å². The largest absolute Gasteiger partial charge is 0.492 e. The van der Waals surface area contributed by atoms with Crippen molar-refractivity contribution in [1.29, 1.82) is 0 Å². The SMILES string of the molecule is CCC(CC)(OCC(O)COc1ccc(C2(c3ccc(C(CC)(CC)OCC4CS4)cc3)CCc3ccc(C)cc32)cc1)c1ccc(C2(c3ccc(OCC4CS4)cc3)CCc3ccc(C)cc32)cc1. The molecule has 0 amide bonds. The summed E-state index contributed by atoms with van der Waals surface area (Å²) in [5.41, 5.74) is 14.4. The molecule has 5 atom stereocenters. The van der Waals surface area contributed by atoms with Crippen LogP contribution in [0.2, 0.25) is 0 Å². The Labute approximate surface area is 426 Å². The summed E-state index contributed by atoms with van der Waals surface area (Å²) in [7, 11) is 0. The molecule has 2 saturated heterocycles. The molecule has 7 heteroatoms. The zero-order valence-electron chi connectivity index (χ0n) is 42.2. The Kier molecular flexibility index (Phi) is 14.4. The molecule has 2 aliphatic heterocycles. The number of hydrogen-bond donors (Lipinski definition) is 1. The molecule has 2 heterocycles. The summed E-state index contributed by atoms with van der Waals surface area (Å²) in [5, 5.41) is 12.7. The number of aliphatic hydroxyl groups is 1. The molecule has 6 aromatic rings. The molecule has 0 radical (unpaired) electrons. The fourth-order valence-corrected chi connectivity index (χ4v) is 12.8. The van der Waals surface area contributed by atoms with E-state index >= 15 is 0 Å². The third-order valence-corrected chi connectivity index (χ3v) is 18.4. The molecular formula is C63H72O5S2. The highest BCUT2D eigenvalue weighted by atomic mass is 32.2. The van der Waals surface area contributed by atoms with Crippen LogP contribution in [-0.2, 0) is 44.3 Å². The molecule has 5 unspecified atom stereocenters. The van der Waals surface area contributed by atoms with Gasteiger partial charge in [0.25, 0.3) is 0 Å². The molecule has 366 valence electrons. The van der Waals surface area contributed by atoms with Crippen LogP contribution in [0.4, 0.5) is 0 Å². The fourth-order valence-electron chi connectivity index (χ4n) is 12.0. The Morgan fingerprint density at radius 2 is 0.914 bits per heavy atom. The number of benzene rings is 6. The minimum absolute atomic E-state index is 0.138. The molecule has 6 aromatic carbocycles. The van der Waals surface area contributed by atoms with Crippen molar-refractivity contribution in [3.05, 3.63) is 200 Å².